The lowest BCUT2D eigenvalue weighted by atomic mass is 10.0. The highest BCUT2D eigenvalue weighted by Gasteiger charge is 2.24. The number of hydrogen-bond acceptors (Lipinski definition) is 6. The maximum absolute atomic E-state index is 4.59. The van der Waals surface area contributed by atoms with E-state index in [1.54, 1.807) is 23.1 Å². The molecule has 8 heteroatoms. The first-order valence-electron chi connectivity index (χ1n) is 8.74. The third-order valence-electron chi connectivity index (χ3n) is 4.88. The van der Waals surface area contributed by atoms with Crippen molar-refractivity contribution in [3.63, 3.8) is 0 Å². The van der Waals surface area contributed by atoms with Crippen LogP contribution in [0.5, 0.6) is 0 Å². The summed E-state index contributed by atoms with van der Waals surface area (Å²) in [5, 5.41) is 4.39. The zero-order chi connectivity index (χ0) is 17.3. The fourth-order valence-corrected chi connectivity index (χ4v) is 3.60. The highest BCUT2D eigenvalue weighted by molar-refractivity contribution is 5.72. The van der Waals surface area contributed by atoms with Crippen LogP contribution in [0.2, 0.25) is 0 Å². The van der Waals surface area contributed by atoms with Gasteiger partial charge in [-0.3, -0.25) is 0 Å². The molecular formula is C18H18N8. The molecule has 26 heavy (non-hydrogen) atoms. The Morgan fingerprint density at radius 3 is 2.50 bits per heavy atom. The van der Waals surface area contributed by atoms with Gasteiger partial charge in [0.1, 0.15) is 5.82 Å². The summed E-state index contributed by atoms with van der Waals surface area (Å²) in [6.45, 7) is 1.86. The maximum Gasteiger partial charge on any atom is 0.225 e. The van der Waals surface area contributed by atoms with E-state index in [1.807, 2.05) is 30.7 Å². The summed E-state index contributed by atoms with van der Waals surface area (Å²) in [5.41, 5.74) is 1.79. The minimum atomic E-state index is 0.395. The van der Waals surface area contributed by atoms with Gasteiger partial charge in [-0.15, -0.1) is 0 Å². The number of nitrogens with zero attached hydrogens (tertiary/aromatic N) is 8. The van der Waals surface area contributed by atoms with Gasteiger partial charge in [-0.25, -0.2) is 24.5 Å². The first-order chi connectivity index (χ1) is 12.9. The van der Waals surface area contributed by atoms with Gasteiger partial charge in [-0.2, -0.15) is 5.10 Å². The molecule has 0 aromatic carbocycles. The molecule has 1 fully saturated rings. The Morgan fingerprint density at radius 2 is 1.65 bits per heavy atom. The molecule has 1 aliphatic rings. The number of piperidine rings is 1. The molecule has 0 radical (unpaired) electrons. The van der Waals surface area contributed by atoms with Crippen LogP contribution in [0, 0.1) is 0 Å². The van der Waals surface area contributed by atoms with Gasteiger partial charge in [0.05, 0.1) is 11.8 Å². The van der Waals surface area contributed by atoms with Crippen molar-refractivity contribution in [1.82, 2.24) is 34.1 Å². The first kappa shape index (κ1) is 15.0. The lowest BCUT2D eigenvalue weighted by molar-refractivity contribution is 0.396. The molecule has 8 nitrogen and oxygen atoms in total. The van der Waals surface area contributed by atoms with Crippen LogP contribution in [0.15, 0.2) is 55.5 Å². The predicted molar refractivity (Wildman–Crippen MR) is 96.7 cm³/mol. The van der Waals surface area contributed by atoms with Crippen molar-refractivity contribution in [2.75, 3.05) is 18.0 Å². The number of fused-ring (bicyclic) bond motifs is 1. The van der Waals surface area contributed by atoms with E-state index in [0.29, 0.717) is 6.04 Å². The van der Waals surface area contributed by atoms with Crippen molar-refractivity contribution in [2.45, 2.75) is 18.9 Å². The zero-order valence-corrected chi connectivity index (χ0v) is 14.2. The van der Waals surface area contributed by atoms with Crippen LogP contribution in [-0.4, -0.2) is 47.2 Å². The summed E-state index contributed by atoms with van der Waals surface area (Å²) >= 11 is 0. The largest absolute Gasteiger partial charge is 0.341 e. The highest BCUT2D eigenvalue weighted by Crippen LogP contribution is 2.30. The Bertz CT molecular complexity index is 1010. The van der Waals surface area contributed by atoms with Crippen LogP contribution >= 0.6 is 0 Å². The van der Waals surface area contributed by atoms with E-state index >= 15 is 0 Å². The van der Waals surface area contributed by atoms with E-state index < -0.39 is 0 Å². The molecule has 0 aliphatic carbocycles. The molecule has 130 valence electrons. The van der Waals surface area contributed by atoms with Crippen molar-refractivity contribution in [3.8, 4) is 11.4 Å². The SMILES string of the molecule is c1cnc(N2CCC(n3ccnc3-c3cnn4cccnc34)CC2)nc1. The van der Waals surface area contributed by atoms with Crippen LogP contribution in [0.4, 0.5) is 5.95 Å². The maximum atomic E-state index is 4.59. The minimum absolute atomic E-state index is 0.395. The van der Waals surface area contributed by atoms with Crippen LogP contribution in [-0.2, 0) is 0 Å². The van der Waals surface area contributed by atoms with Crippen LogP contribution in [0.1, 0.15) is 18.9 Å². The Hall–Kier alpha value is -3.29. The second kappa shape index (κ2) is 6.21. The molecule has 5 rings (SSSR count). The standard InChI is InChI=1S/C18H18N8/c1-5-21-18(22-6-1)24-10-3-14(4-11-24)25-12-8-20-16(25)15-13-23-26-9-2-7-19-17(15)26/h1-2,5-9,12-14H,3-4,10-11H2. The van der Waals surface area contributed by atoms with Gasteiger partial charge in [0.25, 0.3) is 0 Å². The van der Waals surface area contributed by atoms with Gasteiger partial charge >= 0.3 is 0 Å². The summed E-state index contributed by atoms with van der Waals surface area (Å²) in [6.07, 6.45) is 15.1. The third-order valence-corrected chi connectivity index (χ3v) is 4.88. The Kier molecular flexibility index (Phi) is 3.59. The summed E-state index contributed by atoms with van der Waals surface area (Å²) in [4.78, 5) is 20.0. The average Bonchev–Trinajstić information content (AvgIpc) is 3.35. The second-order valence-corrected chi connectivity index (χ2v) is 6.37. The van der Waals surface area contributed by atoms with Gasteiger partial charge < -0.3 is 9.47 Å². The number of anilines is 1. The molecule has 0 N–H and O–H groups in total. The monoisotopic (exact) mass is 346 g/mol. The van der Waals surface area contributed by atoms with Crippen LogP contribution in [0.3, 0.4) is 0 Å². The Morgan fingerprint density at radius 1 is 0.846 bits per heavy atom. The molecule has 0 atom stereocenters. The van der Waals surface area contributed by atoms with Crippen molar-refractivity contribution < 1.29 is 0 Å². The molecule has 1 aliphatic heterocycles. The summed E-state index contributed by atoms with van der Waals surface area (Å²) in [7, 11) is 0. The smallest absolute Gasteiger partial charge is 0.225 e. The summed E-state index contributed by atoms with van der Waals surface area (Å²) in [5.74, 6) is 1.73. The quantitative estimate of drug-likeness (QED) is 0.566. The van der Waals surface area contributed by atoms with Gasteiger partial charge in [0, 0.05) is 56.3 Å². The normalized spacial score (nSPS) is 15.6. The molecule has 0 unspecified atom stereocenters. The number of imidazole rings is 1. The van der Waals surface area contributed by atoms with E-state index in [4.69, 9.17) is 0 Å². The van der Waals surface area contributed by atoms with Crippen molar-refractivity contribution in [1.29, 1.82) is 0 Å². The number of hydrogen-bond donors (Lipinski definition) is 0. The van der Waals surface area contributed by atoms with Gasteiger partial charge in [0.2, 0.25) is 5.95 Å². The van der Waals surface area contributed by atoms with Gasteiger partial charge in [-0.1, -0.05) is 0 Å². The summed E-state index contributed by atoms with van der Waals surface area (Å²) in [6, 6.07) is 4.11. The van der Waals surface area contributed by atoms with Crippen molar-refractivity contribution in [2.24, 2.45) is 0 Å². The molecule has 0 amide bonds. The fraction of sp³-hybridized carbons (Fsp3) is 0.278. The molecule has 0 bridgehead atoms. The highest BCUT2D eigenvalue weighted by atomic mass is 15.3. The van der Waals surface area contributed by atoms with Gasteiger partial charge in [0.15, 0.2) is 5.65 Å². The summed E-state index contributed by atoms with van der Waals surface area (Å²) < 4.78 is 4.04. The molecule has 0 saturated carbocycles. The molecule has 4 aromatic rings. The van der Waals surface area contributed by atoms with E-state index in [-0.39, 0.29) is 0 Å². The Balaban J connectivity index is 1.40. The first-order valence-corrected chi connectivity index (χ1v) is 8.74. The average molecular weight is 346 g/mol. The van der Waals surface area contributed by atoms with Crippen LogP contribution in [0.25, 0.3) is 17.0 Å². The predicted octanol–water partition coefficient (Wildman–Crippen LogP) is 2.22. The molecular weight excluding hydrogens is 328 g/mol. The fourth-order valence-electron chi connectivity index (χ4n) is 3.60. The van der Waals surface area contributed by atoms with E-state index in [2.05, 4.69) is 40.7 Å². The molecule has 0 spiro atoms. The van der Waals surface area contributed by atoms with Crippen molar-refractivity contribution in [3.05, 3.63) is 55.5 Å². The number of aromatic nitrogens is 7. The number of rotatable bonds is 3. The van der Waals surface area contributed by atoms with Crippen LogP contribution < -0.4 is 4.90 Å². The third kappa shape index (κ3) is 2.50. The van der Waals surface area contributed by atoms with E-state index in [9.17, 15) is 0 Å². The molecule has 4 aromatic heterocycles. The van der Waals surface area contributed by atoms with E-state index in [0.717, 1.165) is 48.9 Å². The second-order valence-electron chi connectivity index (χ2n) is 6.37. The Labute approximate surface area is 150 Å². The minimum Gasteiger partial charge on any atom is -0.341 e. The lowest BCUT2D eigenvalue weighted by Gasteiger charge is -2.33. The van der Waals surface area contributed by atoms with Gasteiger partial charge in [-0.05, 0) is 25.0 Å². The molecule has 5 heterocycles. The van der Waals surface area contributed by atoms with E-state index in [1.165, 1.54) is 0 Å². The topological polar surface area (TPSA) is 77.0 Å². The lowest BCUT2D eigenvalue weighted by Crippen LogP contribution is -2.35. The van der Waals surface area contributed by atoms with Crippen molar-refractivity contribution >= 4 is 11.6 Å². The molecule has 1 saturated heterocycles. The zero-order valence-electron chi connectivity index (χ0n) is 14.2.